The Kier molecular flexibility index (Phi) is 4.38. The molecule has 1 atom stereocenters. The van der Waals surface area contributed by atoms with Crippen molar-refractivity contribution in [3.8, 4) is 5.75 Å². The van der Waals surface area contributed by atoms with Crippen LogP contribution in [0.15, 0.2) is 24.3 Å². The molecular weight excluding hydrogens is 234 g/mol. The number of benzene rings is 1. The van der Waals surface area contributed by atoms with E-state index in [0.717, 1.165) is 12.4 Å². The maximum Gasteiger partial charge on any atom is 0.121 e. The van der Waals surface area contributed by atoms with E-state index in [1.807, 2.05) is 6.07 Å². The first-order valence-electron chi connectivity index (χ1n) is 7.44. The van der Waals surface area contributed by atoms with E-state index in [9.17, 15) is 0 Å². The second kappa shape index (κ2) is 5.85. The fraction of sp³-hybridized carbons (Fsp3) is 0.647. The fourth-order valence-electron chi connectivity index (χ4n) is 2.73. The number of hydrogen-bond donors (Lipinski definition) is 1. The van der Waals surface area contributed by atoms with Crippen LogP contribution in [0.2, 0.25) is 0 Å². The zero-order chi connectivity index (χ0) is 13.9. The van der Waals surface area contributed by atoms with Crippen LogP contribution in [0, 0.1) is 11.3 Å². The smallest absolute Gasteiger partial charge is 0.121 e. The Morgan fingerprint density at radius 1 is 1.37 bits per heavy atom. The molecule has 0 saturated heterocycles. The molecule has 19 heavy (non-hydrogen) atoms. The van der Waals surface area contributed by atoms with Crippen LogP contribution in [0.3, 0.4) is 0 Å². The van der Waals surface area contributed by atoms with Crippen molar-refractivity contribution in [1.82, 2.24) is 0 Å². The van der Waals surface area contributed by atoms with E-state index in [1.165, 1.54) is 24.9 Å². The van der Waals surface area contributed by atoms with Crippen molar-refractivity contribution in [2.24, 2.45) is 11.3 Å². The summed E-state index contributed by atoms with van der Waals surface area (Å²) in [5.41, 5.74) is 1.67. The Bertz CT molecular complexity index is 411. The van der Waals surface area contributed by atoms with Crippen molar-refractivity contribution in [2.75, 3.05) is 11.9 Å². The molecule has 1 aliphatic carbocycles. The van der Waals surface area contributed by atoms with E-state index in [-0.39, 0.29) is 0 Å². The van der Waals surface area contributed by atoms with Crippen LogP contribution >= 0.6 is 0 Å². The molecule has 0 radical (unpaired) electrons. The Labute approximate surface area is 117 Å². The zero-order valence-electron chi connectivity index (χ0n) is 12.7. The lowest BCUT2D eigenvalue weighted by atomic mass is 9.92. The minimum Gasteiger partial charge on any atom is -0.493 e. The summed E-state index contributed by atoms with van der Waals surface area (Å²) in [6, 6.07) is 8.96. The molecule has 1 saturated carbocycles. The van der Waals surface area contributed by atoms with Gasteiger partial charge in [-0.2, -0.15) is 0 Å². The lowest BCUT2D eigenvalue weighted by Crippen LogP contribution is -2.17. The van der Waals surface area contributed by atoms with E-state index in [2.05, 4.69) is 51.2 Å². The monoisotopic (exact) mass is 261 g/mol. The topological polar surface area (TPSA) is 21.3 Å². The Balaban J connectivity index is 1.92. The number of rotatable bonds is 5. The molecule has 0 heterocycles. The average Bonchev–Trinajstić information content (AvgIpc) is 2.66. The maximum atomic E-state index is 5.77. The molecule has 2 rings (SSSR count). The summed E-state index contributed by atoms with van der Waals surface area (Å²) in [5, 5.41) is 3.64. The highest BCUT2D eigenvalue weighted by atomic mass is 16.5. The summed E-state index contributed by atoms with van der Waals surface area (Å²) in [4.78, 5) is 0. The predicted molar refractivity (Wildman–Crippen MR) is 81.8 cm³/mol. The molecule has 106 valence electrons. The lowest BCUT2D eigenvalue weighted by Gasteiger charge is -2.19. The number of ether oxygens (including phenoxy) is 1. The van der Waals surface area contributed by atoms with Gasteiger partial charge in [-0.25, -0.2) is 0 Å². The van der Waals surface area contributed by atoms with Gasteiger partial charge in [0.25, 0.3) is 0 Å². The molecule has 1 N–H and O–H groups in total. The molecule has 2 nitrogen and oxygen atoms in total. The summed E-state index contributed by atoms with van der Waals surface area (Å²) < 4.78 is 5.77. The van der Waals surface area contributed by atoms with Crippen molar-refractivity contribution in [2.45, 2.75) is 53.0 Å². The zero-order valence-corrected chi connectivity index (χ0v) is 12.7. The summed E-state index contributed by atoms with van der Waals surface area (Å²) >= 11 is 0. The molecule has 1 aromatic carbocycles. The van der Waals surface area contributed by atoms with Gasteiger partial charge in [0.05, 0.1) is 6.61 Å². The molecule has 1 unspecified atom stereocenters. The van der Waals surface area contributed by atoms with E-state index >= 15 is 0 Å². The van der Waals surface area contributed by atoms with Gasteiger partial charge >= 0.3 is 0 Å². The van der Waals surface area contributed by atoms with Crippen LogP contribution in [-0.4, -0.2) is 12.6 Å². The lowest BCUT2D eigenvalue weighted by molar-refractivity contribution is 0.271. The molecule has 0 bridgehead atoms. The number of anilines is 1. The number of nitrogens with one attached hydrogen (secondary N) is 1. The van der Waals surface area contributed by atoms with Crippen LogP contribution < -0.4 is 10.1 Å². The van der Waals surface area contributed by atoms with Gasteiger partial charge in [0.1, 0.15) is 5.75 Å². The highest BCUT2D eigenvalue weighted by molar-refractivity contribution is 5.49. The summed E-state index contributed by atoms with van der Waals surface area (Å²) in [6.07, 6.45) is 3.84. The molecular formula is C17H27NO. The molecule has 1 aromatic rings. The highest BCUT2D eigenvalue weighted by Crippen LogP contribution is 2.38. The van der Waals surface area contributed by atoms with Crippen LogP contribution in [0.5, 0.6) is 5.75 Å². The van der Waals surface area contributed by atoms with Gasteiger partial charge in [0.15, 0.2) is 0 Å². The van der Waals surface area contributed by atoms with E-state index in [0.29, 0.717) is 17.4 Å². The van der Waals surface area contributed by atoms with Crippen LogP contribution in [-0.2, 0) is 0 Å². The third-order valence-electron chi connectivity index (χ3n) is 3.76. The standard InChI is InChI=1S/C17H27NO/c1-13(2)12-19-16-7-5-6-14(10-16)18-15-8-9-17(3,4)11-15/h5-7,10,13,15,18H,8-9,11-12H2,1-4H3. The highest BCUT2D eigenvalue weighted by Gasteiger charge is 2.30. The normalized spacial score (nSPS) is 21.6. The fourth-order valence-corrected chi connectivity index (χ4v) is 2.73. The maximum absolute atomic E-state index is 5.77. The largest absolute Gasteiger partial charge is 0.493 e. The van der Waals surface area contributed by atoms with Gasteiger partial charge in [0.2, 0.25) is 0 Å². The summed E-state index contributed by atoms with van der Waals surface area (Å²) in [6.45, 7) is 9.83. The molecule has 1 fully saturated rings. The van der Waals surface area contributed by atoms with E-state index in [4.69, 9.17) is 4.74 Å². The van der Waals surface area contributed by atoms with Crippen molar-refractivity contribution >= 4 is 5.69 Å². The molecule has 0 amide bonds. The minimum atomic E-state index is 0.490. The molecule has 2 heteroatoms. The van der Waals surface area contributed by atoms with Gasteiger partial charge in [-0.15, -0.1) is 0 Å². The molecule has 0 aliphatic heterocycles. The van der Waals surface area contributed by atoms with Gasteiger partial charge in [-0.1, -0.05) is 33.8 Å². The molecule has 0 aromatic heterocycles. The van der Waals surface area contributed by atoms with Crippen LogP contribution in [0.4, 0.5) is 5.69 Å². The van der Waals surface area contributed by atoms with Crippen LogP contribution in [0.1, 0.15) is 47.0 Å². The first-order valence-corrected chi connectivity index (χ1v) is 7.44. The summed E-state index contributed by atoms with van der Waals surface area (Å²) in [5.74, 6) is 1.53. The first-order chi connectivity index (χ1) is 8.94. The Morgan fingerprint density at radius 2 is 2.16 bits per heavy atom. The third kappa shape index (κ3) is 4.45. The second-order valence-corrected chi connectivity index (χ2v) is 6.98. The van der Waals surface area contributed by atoms with Crippen molar-refractivity contribution in [1.29, 1.82) is 0 Å². The SMILES string of the molecule is CC(C)COc1cccc(NC2CCC(C)(C)C2)c1. The van der Waals surface area contributed by atoms with Gasteiger partial charge in [0, 0.05) is 17.8 Å². The first kappa shape index (κ1) is 14.2. The Morgan fingerprint density at radius 3 is 2.79 bits per heavy atom. The van der Waals surface area contributed by atoms with E-state index < -0.39 is 0 Å². The van der Waals surface area contributed by atoms with Gasteiger partial charge in [-0.05, 0) is 42.7 Å². The van der Waals surface area contributed by atoms with Crippen molar-refractivity contribution in [3.63, 3.8) is 0 Å². The average molecular weight is 261 g/mol. The third-order valence-corrected chi connectivity index (χ3v) is 3.76. The second-order valence-electron chi connectivity index (χ2n) is 6.98. The quantitative estimate of drug-likeness (QED) is 0.828. The van der Waals surface area contributed by atoms with Crippen molar-refractivity contribution in [3.05, 3.63) is 24.3 Å². The summed E-state index contributed by atoms with van der Waals surface area (Å²) in [7, 11) is 0. The predicted octanol–water partition coefficient (Wildman–Crippen LogP) is 4.71. The molecule has 0 spiro atoms. The van der Waals surface area contributed by atoms with Crippen molar-refractivity contribution < 1.29 is 4.74 Å². The van der Waals surface area contributed by atoms with E-state index in [1.54, 1.807) is 0 Å². The van der Waals surface area contributed by atoms with Crippen LogP contribution in [0.25, 0.3) is 0 Å². The number of hydrogen-bond acceptors (Lipinski definition) is 2. The minimum absolute atomic E-state index is 0.490. The van der Waals surface area contributed by atoms with Gasteiger partial charge < -0.3 is 10.1 Å². The Hall–Kier alpha value is -1.18. The van der Waals surface area contributed by atoms with Gasteiger partial charge in [-0.3, -0.25) is 0 Å². The molecule has 1 aliphatic rings.